The monoisotopic (exact) mass is 261 g/mol. The fraction of sp³-hybridized carbons (Fsp3) is 0.167. The topological polar surface area (TPSA) is 30.7 Å². The maximum Gasteiger partial charge on any atom is 0.150 e. The Bertz CT molecular complexity index is 607. The van der Waals surface area contributed by atoms with Gasteiger partial charge in [0.05, 0.1) is 11.4 Å². The number of imidazole rings is 1. The molecule has 3 nitrogen and oxygen atoms in total. The molecule has 0 bridgehead atoms. The molecule has 3 rings (SSSR count). The summed E-state index contributed by atoms with van der Waals surface area (Å²) in [5, 5.41) is 5.28. The standard InChI is InChI=1S/C12H11N3S2/c1-9-8-17-11(14-9)7-15-5-4-13-12(15)10-3-2-6-16-10/h2-6,8H,7H2,1H3. The van der Waals surface area contributed by atoms with E-state index in [0.717, 1.165) is 23.1 Å². The van der Waals surface area contributed by atoms with E-state index in [9.17, 15) is 0 Å². The van der Waals surface area contributed by atoms with Crippen LogP contribution in [0.1, 0.15) is 10.7 Å². The van der Waals surface area contributed by atoms with Crippen molar-refractivity contribution in [3.8, 4) is 10.7 Å². The summed E-state index contributed by atoms with van der Waals surface area (Å²) in [5.74, 6) is 1.02. The maximum atomic E-state index is 4.48. The van der Waals surface area contributed by atoms with E-state index in [1.165, 1.54) is 4.88 Å². The minimum Gasteiger partial charge on any atom is -0.323 e. The molecule has 0 aromatic carbocycles. The Hall–Kier alpha value is -1.46. The van der Waals surface area contributed by atoms with Crippen LogP contribution in [0.5, 0.6) is 0 Å². The zero-order valence-corrected chi connectivity index (χ0v) is 11.0. The highest BCUT2D eigenvalue weighted by Crippen LogP contribution is 2.24. The first-order valence-electron chi connectivity index (χ1n) is 5.29. The van der Waals surface area contributed by atoms with Crippen molar-refractivity contribution in [1.29, 1.82) is 0 Å². The largest absolute Gasteiger partial charge is 0.323 e. The molecule has 3 aromatic rings. The lowest BCUT2D eigenvalue weighted by molar-refractivity contribution is 0.798. The smallest absolute Gasteiger partial charge is 0.150 e. The molecule has 3 aromatic heterocycles. The van der Waals surface area contributed by atoms with E-state index in [1.54, 1.807) is 22.7 Å². The Labute approximate surface area is 107 Å². The Morgan fingerprint density at radius 2 is 2.29 bits per heavy atom. The molecular formula is C12H11N3S2. The number of hydrogen-bond acceptors (Lipinski definition) is 4. The van der Waals surface area contributed by atoms with Gasteiger partial charge in [0.1, 0.15) is 10.8 Å². The van der Waals surface area contributed by atoms with Gasteiger partial charge in [-0.1, -0.05) is 6.07 Å². The third kappa shape index (κ3) is 2.16. The highest BCUT2D eigenvalue weighted by atomic mass is 32.1. The van der Waals surface area contributed by atoms with E-state index in [2.05, 4.69) is 31.4 Å². The van der Waals surface area contributed by atoms with Crippen molar-refractivity contribution in [2.75, 3.05) is 0 Å². The Kier molecular flexibility index (Phi) is 2.78. The molecule has 0 amide bonds. The van der Waals surface area contributed by atoms with Gasteiger partial charge in [0.25, 0.3) is 0 Å². The number of thiophene rings is 1. The van der Waals surface area contributed by atoms with Gasteiger partial charge < -0.3 is 4.57 Å². The number of nitrogens with zero attached hydrogens (tertiary/aromatic N) is 3. The summed E-state index contributed by atoms with van der Waals surface area (Å²) in [4.78, 5) is 10.1. The molecule has 0 fully saturated rings. The second kappa shape index (κ2) is 4.43. The van der Waals surface area contributed by atoms with E-state index >= 15 is 0 Å². The summed E-state index contributed by atoms with van der Waals surface area (Å²) in [6.07, 6.45) is 3.85. The van der Waals surface area contributed by atoms with E-state index in [-0.39, 0.29) is 0 Å². The Balaban J connectivity index is 1.92. The van der Waals surface area contributed by atoms with Crippen molar-refractivity contribution < 1.29 is 0 Å². The maximum absolute atomic E-state index is 4.48. The SMILES string of the molecule is Cc1csc(Cn2ccnc2-c2cccs2)n1. The van der Waals surface area contributed by atoms with Crippen molar-refractivity contribution >= 4 is 22.7 Å². The van der Waals surface area contributed by atoms with Gasteiger partial charge in [-0.15, -0.1) is 22.7 Å². The molecule has 0 radical (unpaired) electrons. The van der Waals surface area contributed by atoms with Crippen LogP contribution in [0.2, 0.25) is 0 Å². The lowest BCUT2D eigenvalue weighted by Gasteiger charge is -2.03. The second-order valence-corrected chi connectivity index (χ2v) is 5.63. The molecule has 0 saturated carbocycles. The average molecular weight is 261 g/mol. The average Bonchev–Trinajstić information content (AvgIpc) is 3.00. The fourth-order valence-corrected chi connectivity index (χ4v) is 3.19. The van der Waals surface area contributed by atoms with E-state index < -0.39 is 0 Å². The third-order valence-corrected chi connectivity index (χ3v) is 4.25. The highest BCUT2D eigenvalue weighted by molar-refractivity contribution is 7.13. The van der Waals surface area contributed by atoms with Gasteiger partial charge in [-0.3, -0.25) is 0 Å². The molecular weight excluding hydrogens is 250 g/mol. The molecule has 0 spiro atoms. The summed E-state index contributed by atoms with van der Waals surface area (Å²) in [7, 11) is 0. The van der Waals surface area contributed by atoms with Crippen LogP contribution in [0.25, 0.3) is 10.7 Å². The van der Waals surface area contributed by atoms with Crippen LogP contribution in [0.3, 0.4) is 0 Å². The number of thiazole rings is 1. The predicted octanol–water partition coefficient (Wildman–Crippen LogP) is 3.42. The first-order chi connectivity index (χ1) is 8.33. The molecule has 0 aliphatic heterocycles. The molecule has 0 saturated heterocycles. The molecule has 17 heavy (non-hydrogen) atoms. The van der Waals surface area contributed by atoms with Crippen molar-refractivity contribution in [1.82, 2.24) is 14.5 Å². The summed E-state index contributed by atoms with van der Waals surface area (Å²) in [5.41, 5.74) is 1.09. The van der Waals surface area contributed by atoms with Crippen molar-refractivity contribution in [2.45, 2.75) is 13.5 Å². The Morgan fingerprint density at radius 3 is 3.00 bits per heavy atom. The molecule has 0 N–H and O–H groups in total. The quantitative estimate of drug-likeness (QED) is 0.723. The minimum atomic E-state index is 0.797. The van der Waals surface area contributed by atoms with Gasteiger partial charge in [-0.25, -0.2) is 9.97 Å². The van der Waals surface area contributed by atoms with Crippen LogP contribution in [-0.4, -0.2) is 14.5 Å². The summed E-state index contributed by atoms with van der Waals surface area (Å²) in [6.45, 7) is 2.82. The molecule has 0 aliphatic carbocycles. The zero-order chi connectivity index (χ0) is 11.7. The first-order valence-corrected chi connectivity index (χ1v) is 7.05. The molecule has 0 unspecified atom stereocenters. The number of aromatic nitrogens is 3. The summed E-state index contributed by atoms with van der Waals surface area (Å²) < 4.78 is 2.14. The minimum absolute atomic E-state index is 0.797. The van der Waals surface area contributed by atoms with Gasteiger partial charge in [0.2, 0.25) is 0 Å². The third-order valence-electron chi connectivity index (χ3n) is 2.43. The van der Waals surface area contributed by atoms with E-state index in [1.807, 2.05) is 25.4 Å². The van der Waals surface area contributed by atoms with Crippen LogP contribution in [0, 0.1) is 6.92 Å². The van der Waals surface area contributed by atoms with Crippen LogP contribution in [-0.2, 0) is 6.54 Å². The summed E-state index contributed by atoms with van der Waals surface area (Å²) in [6, 6.07) is 4.14. The molecule has 0 atom stereocenters. The second-order valence-electron chi connectivity index (χ2n) is 3.74. The van der Waals surface area contributed by atoms with Crippen LogP contribution < -0.4 is 0 Å². The van der Waals surface area contributed by atoms with Crippen molar-refractivity contribution in [2.24, 2.45) is 0 Å². The number of aryl methyl sites for hydroxylation is 1. The number of hydrogen-bond donors (Lipinski definition) is 0. The lowest BCUT2D eigenvalue weighted by Crippen LogP contribution is -1.99. The molecule has 0 aliphatic rings. The van der Waals surface area contributed by atoms with Crippen LogP contribution in [0.15, 0.2) is 35.3 Å². The molecule has 3 heterocycles. The zero-order valence-electron chi connectivity index (χ0n) is 9.33. The predicted molar refractivity (Wildman–Crippen MR) is 71.5 cm³/mol. The molecule has 86 valence electrons. The van der Waals surface area contributed by atoms with Crippen molar-refractivity contribution in [3.63, 3.8) is 0 Å². The first kappa shape index (κ1) is 10.7. The van der Waals surface area contributed by atoms with Gasteiger partial charge in [0, 0.05) is 23.5 Å². The van der Waals surface area contributed by atoms with Crippen LogP contribution >= 0.6 is 22.7 Å². The van der Waals surface area contributed by atoms with E-state index in [4.69, 9.17) is 0 Å². The van der Waals surface area contributed by atoms with Gasteiger partial charge in [-0.05, 0) is 18.4 Å². The van der Waals surface area contributed by atoms with E-state index in [0.29, 0.717) is 0 Å². The van der Waals surface area contributed by atoms with Gasteiger partial charge >= 0.3 is 0 Å². The van der Waals surface area contributed by atoms with Gasteiger partial charge in [0.15, 0.2) is 0 Å². The fourth-order valence-electron chi connectivity index (χ4n) is 1.69. The van der Waals surface area contributed by atoms with Gasteiger partial charge in [-0.2, -0.15) is 0 Å². The van der Waals surface area contributed by atoms with Crippen molar-refractivity contribution in [3.05, 3.63) is 46.0 Å². The lowest BCUT2D eigenvalue weighted by atomic mass is 10.4. The number of rotatable bonds is 3. The molecule has 5 heteroatoms. The summed E-state index contributed by atoms with van der Waals surface area (Å²) >= 11 is 3.41. The Morgan fingerprint density at radius 1 is 1.35 bits per heavy atom. The highest BCUT2D eigenvalue weighted by Gasteiger charge is 2.08. The normalized spacial score (nSPS) is 10.9. The van der Waals surface area contributed by atoms with Crippen LogP contribution in [0.4, 0.5) is 0 Å².